The Labute approximate surface area is 198 Å². The van der Waals surface area contributed by atoms with Crippen molar-refractivity contribution in [2.24, 2.45) is 0 Å². The maximum absolute atomic E-state index is 12.4. The van der Waals surface area contributed by atoms with E-state index in [4.69, 9.17) is 13.3 Å². The smallest absolute Gasteiger partial charge is 0.369 e. The van der Waals surface area contributed by atoms with Gasteiger partial charge in [-0.1, -0.05) is 104 Å². The predicted molar refractivity (Wildman–Crippen MR) is 140 cm³/mol. The first kappa shape index (κ1) is 28.5. The maximum Gasteiger partial charge on any atom is 0.574 e. The Morgan fingerprint density at radius 2 is 1.12 bits per heavy atom. The molecule has 0 amide bonds. The zero-order chi connectivity index (χ0) is 23.5. The van der Waals surface area contributed by atoms with Crippen molar-refractivity contribution in [2.75, 3.05) is 19.8 Å². The molecule has 6 heteroatoms. The molecule has 0 spiro atoms. The minimum Gasteiger partial charge on any atom is -0.369 e. The molecule has 2 aromatic rings. The second kappa shape index (κ2) is 17.9. The largest absolute Gasteiger partial charge is 0.574 e. The van der Waals surface area contributed by atoms with Crippen molar-refractivity contribution in [1.29, 1.82) is 0 Å². The van der Waals surface area contributed by atoms with Crippen molar-refractivity contribution in [1.82, 2.24) is 0 Å². The van der Waals surface area contributed by atoms with Gasteiger partial charge in [0, 0.05) is 26.2 Å². The molecule has 2 aromatic carbocycles. The Kier molecular flexibility index (Phi) is 15.9. The third kappa shape index (κ3) is 11.3. The van der Waals surface area contributed by atoms with Gasteiger partial charge in [-0.25, -0.2) is 0 Å². The lowest BCUT2D eigenvalue weighted by atomic mass is 10.1. The average molecular weight is 475 g/mol. The van der Waals surface area contributed by atoms with Crippen LogP contribution in [0.4, 0.5) is 0 Å². The van der Waals surface area contributed by atoms with Gasteiger partial charge in [-0.2, -0.15) is 0 Å². The van der Waals surface area contributed by atoms with Crippen LogP contribution in [0, 0.1) is 0 Å². The molecule has 0 heterocycles. The molecule has 0 N–H and O–H groups in total. The molecule has 4 nitrogen and oxygen atoms in total. The van der Waals surface area contributed by atoms with E-state index >= 15 is 0 Å². The summed E-state index contributed by atoms with van der Waals surface area (Å²) in [5.74, 6) is 0. The van der Waals surface area contributed by atoms with Crippen LogP contribution in [-0.2, 0) is 18.1 Å². The SMILES string of the molecule is CCCCCCCC(=O)[Si](OCC)(OCC)OCC.c1ccc([SiH2]c2ccccc2)cc1. The predicted octanol–water partition coefficient (Wildman–Crippen LogP) is 4.31. The highest BCUT2D eigenvalue weighted by molar-refractivity contribution is 6.92. The topological polar surface area (TPSA) is 44.8 Å². The highest BCUT2D eigenvalue weighted by Crippen LogP contribution is 2.16. The Balaban J connectivity index is 0.000000339. The molecular formula is C26H42O4Si2. The minimum atomic E-state index is -3.11. The van der Waals surface area contributed by atoms with Crippen LogP contribution in [0.3, 0.4) is 0 Å². The van der Waals surface area contributed by atoms with Crippen LogP contribution in [0.5, 0.6) is 0 Å². The van der Waals surface area contributed by atoms with Crippen molar-refractivity contribution in [2.45, 2.75) is 66.2 Å². The number of carbonyl (C=O) groups is 1. The lowest BCUT2D eigenvalue weighted by molar-refractivity contribution is -0.119. The van der Waals surface area contributed by atoms with Crippen LogP contribution in [0.1, 0.15) is 66.2 Å². The number of carbonyl (C=O) groups excluding carboxylic acids is 1. The number of hydrogen-bond acceptors (Lipinski definition) is 4. The van der Waals surface area contributed by atoms with E-state index in [0.29, 0.717) is 26.2 Å². The Bertz CT molecular complexity index is 656. The first-order chi connectivity index (χ1) is 15.6. The molecule has 0 atom stereocenters. The third-order valence-corrected chi connectivity index (χ3v) is 9.64. The summed E-state index contributed by atoms with van der Waals surface area (Å²) in [6.07, 6.45) is 6.14. The van der Waals surface area contributed by atoms with E-state index in [1.54, 1.807) is 0 Å². The second-order valence-electron chi connectivity index (χ2n) is 7.59. The van der Waals surface area contributed by atoms with Gasteiger partial charge in [0.15, 0.2) is 0 Å². The third-order valence-electron chi connectivity index (χ3n) is 4.95. The van der Waals surface area contributed by atoms with Crippen LogP contribution >= 0.6 is 0 Å². The normalized spacial score (nSPS) is 11.0. The standard InChI is InChI=1S/C14H30O4Si.C12H12Si/c1-5-9-10-11-12-13-14(15)19(16-6-2,17-7-3)18-8-4;1-3-7-11(8-4-1)13-12-9-5-2-6-10-12/h5-13H2,1-4H3;1-10H,13H2. The van der Waals surface area contributed by atoms with Gasteiger partial charge in [-0.05, 0) is 27.2 Å². The van der Waals surface area contributed by atoms with E-state index < -0.39 is 8.80 Å². The van der Waals surface area contributed by atoms with Crippen molar-refractivity contribution >= 4 is 34.1 Å². The van der Waals surface area contributed by atoms with E-state index in [1.165, 1.54) is 29.6 Å². The summed E-state index contributed by atoms with van der Waals surface area (Å²) in [6, 6.07) is 21.5. The Hall–Kier alpha value is -1.58. The fourth-order valence-corrected chi connectivity index (χ4v) is 7.25. The van der Waals surface area contributed by atoms with Gasteiger partial charge < -0.3 is 13.3 Å². The number of unbranched alkanes of at least 4 members (excludes halogenated alkanes) is 4. The van der Waals surface area contributed by atoms with Crippen molar-refractivity contribution < 1.29 is 18.1 Å². The number of hydrogen-bond donors (Lipinski definition) is 0. The van der Waals surface area contributed by atoms with E-state index in [2.05, 4.69) is 67.6 Å². The van der Waals surface area contributed by atoms with E-state index in [1.807, 2.05) is 20.8 Å². The summed E-state index contributed by atoms with van der Waals surface area (Å²) in [4.78, 5) is 12.4. The quantitative estimate of drug-likeness (QED) is 0.285. The summed E-state index contributed by atoms with van der Waals surface area (Å²) in [5, 5.41) is 3.05. The summed E-state index contributed by atoms with van der Waals surface area (Å²) in [5.41, 5.74) is 0. The highest BCUT2D eigenvalue weighted by atomic mass is 28.4. The Morgan fingerprint density at radius 3 is 1.53 bits per heavy atom. The molecule has 32 heavy (non-hydrogen) atoms. The van der Waals surface area contributed by atoms with Gasteiger partial charge in [0.05, 0.1) is 9.52 Å². The molecule has 0 saturated carbocycles. The van der Waals surface area contributed by atoms with Gasteiger partial charge in [0.1, 0.15) is 0 Å². The second-order valence-corrected chi connectivity index (χ2v) is 12.1. The average Bonchev–Trinajstić information content (AvgIpc) is 2.81. The van der Waals surface area contributed by atoms with Gasteiger partial charge >= 0.3 is 8.80 Å². The zero-order valence-corrected chi connectivity index (χ0v) is 22.9. The summed E-state index contributed by atoms with van der Waals surface area (Å²) < 4.78 is 16.8. The maximum atomic E-state index is 12.4. The molecule has 0 aromatic heterocycles. The molecule has 2 rings (SSSR count). The lowest BCUT2D eigenvalue weighted by Gasteiger charge is -2.26. The van der Waals surface area contributed by atoms with Gasteiger partial charge in [-0.3, -0.25) is 4.79 Å². The fourth-order valence-electron chi connectivity index (χ4n) is 3.41. The lowest BCUT2D eigenvalue weighted by Crippen LogP contribution is -2.54. The molecule has 0 aliphatic heterocycles. The Morgan fingerprint density at radius 1 is 0.688 bits per heavy atom. The molecule has 0 bridgehead atoms. The van der Waals surface area contributed by atoms with Crippen molar-refractivity contribution in [3.63, 3.8) is 0 Å². The first-order valence-corrected chi connectivity index (χ1v) is 15.3. The first-order valence-electron chi connectivity index (χ1n) is 12.1. The molecule has 0 aliphatic rings. The van der Waals surface area contributed by atoms with Gasteiger partial charge in [-0.15, -0.1) is 0 Å². The van der Waals surface area contributed by atoms with Crippen LogP contribution in [0.15, 0.2) is 60.7 Å². The summed E-state index contributed by atoms with van der Waals surface area (Å²) in [6.45, 7) is 9.15. The molecule has 0 aliphatic carbocycles. The molecule has 0 unspecified atom stereocenters. The van der Waals surface area contributed by atoms with Crippen molar-refractivity contribution in [3.05, 3.63) is 60.7 Å². The van der Waals surface area contributed by atoms with Crippen LogP contribution in [0.2, 0.25) is 0 Å². The van der Waals surface area contributed by atoms with Crippen molar-refractivity contribution in [3.8, 4) is 0 Å². The van der Waals surface area contributed by atoms with Crippen LogP contribution in [-0.4, -0.2) is 43.6 Å². The summed E-state index contributed by atoms with van der Waals surface area (Å²) >= 11 is 0. The van der Waals surface area contributed by atoms with Gasteiger partial charge in [0.25, 0.3) is 0 Å². The molecule has 178 valence electrons. The summed E-state index contributed by atoms with van der Waals surface area (Å²) in [7, 11) is -3.34. The fraction of sp³-hybridized carbons (Fsp3) is 0.500. The zero-order valence-electron chi connectivity index (χ0n) is 20.5. The number of benzene rings is 2. The molecule has 0 saturated heterocycles. The van der Waals surface area contributed by atoms with E-state index in [-0.39, 0.29) is 14.9 Å². The molecular weight excluding hydrogens is 432 g/mol. The minimum absolute atomic E-state index is 0.0366. The molecule has 0 radical (unpaired) electrons. The van der Waals surface area contributed by atoms with E-state index in [9.17, 15) is 4.79 Å². The number of rotatable bonds is 15. The highest BCUT2D eigenvalue weighted by Gasteiger charge is 2.48. The van der Waals surface area contributed by atoms with Crippen LogP contribution < -0.4 is 10.4 Å². The van der Waals surface area contributed by atoms with Crippen LogP contribution in [0.25, 0.3) is 0 Å². The van der Waals surface area contributed by atoms with E-state index in [0.717, 1.165) is 12.8 Å². The monoisotopic (exact) mass is 474 g/mol. The van der Waals surface area contributed by atoms with Gasteiger partial charge in [0.2, 0.25) is 5.41 Å². The molecule has 0 fully saturated rings.